The van der Waals surface area contributed by atoms with Crippen LogP contribution in [-0.2, 0) is 36.4 Å². The van der Waals surface area contributed by atoms with Crippen molar-refractivity contribution in [3.8, 4) is 0 Å². The van der Waals surface area contributed by atoms with Crippen LogP contribution < -0.4 is 9.79 Å². The number of hydrogen-bond acceptors (Lipinski definition) is 4. The fourth-order valence-electron chi connectivity index (χ4n) is 0.321. The molecule has 6 heteroatoms. The molecule has 0 unspecified atom stereocenters. The Kier molecular flexibility index (Phi) is 9.15. The molecule has 56 valence electrons. The molecule has 0 amide bonds. The van der Waals surface area contributed by atoms with Gasteiger partial charge in [-0.05, 0) is 6.42 Å². The second kappa shape index (κ2) is 6.72. The van der Waals surface area contributed by atoms with Crippen molar-refractivity contribution >= 4 is 7.82 Å². The van der Waals surface area contributed by atoms with Crippen LogP contribution >= 0.6 is 7.82 Å². The second-order valence-electron chi connectivity index (χ2n) is 1.63. The summed E-state index contributed by atoms with van der Waals surface area (Å²) in [6, 6.07) is 0. The van der Waals surface area contributed by atoms with Crippen molar-refractivity contribution in [3.05, 3.63) is 0 Å². The Morgan fingerprint density at radius 1 is 1.50 bits per heavy atom. The van der Waals surface area contributed by atoms with Crippen LogP contribution in [0, 0.1) is 0 Å². The molecular formula is C4H9CdO4P. The molecule has 0 aliphatic carbocycles. The summed E-state index contributed by atoms with van der Waals surface area (Å²) in [5, 5.41) is 0. The van der Waals surface area contributed by atoms with Crippen LogP contribution in [0.1, 0.15) is 19.8 Å². The molecular weight excluding hydrogens is 255 g/mol. The molecule has 0 bridgehead atoms. The molecule has 0 saturated carbocycles. The van der Waals surface area contributed by atoms with Crippen LogP contribution in [0.3, 0.4) is 0 Å². The van der Waals surface area contributed by atoms with E-state index in [0.717, 1.165) is 6.42 Å². The number of phosphoric ester groups is 1. The molecule has 0 aromatic rings. The third kappa shape index (κ3) is 11.8. The standard InChI is InChI=1S/C4H11O4P.Cd/c1-2-3-4-8-9(5,6)7;/h2-4H2,1H3,(H2,5,6,7);/q;+2/p-2. The van der Waals surface area contributed by atoms with Crippen molar-refractivity contribution in [1.29, 1.82) is 0 Å². The average molecular weight is 264 g/mol. The molecule has 0 radical (unpaired) electrons. The van der Waals surface area contributed by atoms with Gasteiger partial charge in [0, 0.05) is 0 Å². The molecule has 0 N–H and O–H groups in total. The van der Waals surface area contributed by atoms with Gasteiger partial charge in [-0.2, -0.15) is 0 Å². The first-order valence-electron chi connectivity index (χ1n) is 2.73. The minimum atomic E-state index is -4.70. The first-order valence-corrected chi connectivity index (χ1v) is 4.19. The first-order chi connectivity index (χ1) is 4.06. The normalized spacial score (nSPS) is 10.7. The van der Waals surface area contributed by atoms with Crippen molar-refractivity contribution in [1.82, 2.24) is 0 Å². The Labute approximate surface area is 80.4 Å². The van der Waals surface area contributed by atoms with Crippen LogP contribution in [0.2, 0.25) is 0 Å². The molecule has 4 nitrogen and oxygen atoms in total. The van der Waals surface area contributed by atoms with E-state index in [2.05, 4.69) is 4.52 Å². The van der Waals surface area contributed by atoms with Gasteiger partial charge in [-0.25, -0.2) is 0 Å². The van der Waals surface area contributed by atoms with Crippen LogP contribution in [0.25, 0.3) is 0 Å². The third-order valence-electron chi connectivity index (χ3n) is 0.747. The number of unbranched alkanes of at least 4 members (excludes halogenated alkanes) is 1. The average Bonchev–Trinajstić information content (AvgIpc) is 1.63. The van der Waals surface area contributed by atoms with E-state index in [9.17, 15) is 14.4 Å². The smallest absolute Gasteiger partial charge is 0.790 e. The Morgan fingerprint density at radius 2 is 2.00 bits per heavy atom. The predicted molar refractivity (Wildman–Crippen MR) is 28.5 cm³/mol. The number of rotatable bonds is 4. The van der Waals surface area contributed by atoms with Crippen molar-refractivity contribution in [2.24, 2.45) is 0 Å². The van der Waals surface area contributed by atoms with Crippen molar-refractivity contribution < 1.29 is 46.2 Å². The van der Waals surface area contributed by atoms with Crippen LogP contribution in [-0.4, -0.2) is 6.61 Å². The zero-order chi connectivity index (χ0) is 7.33. The van der Waals surface area contributed by atoms with Gasteiger partial charge in [0.2, 0.25) is 0 Å². The monoisotopic (exact) mass is 266 g/mol. The van der Waals surface area contributed by atoms with E-state index in [4.69, 9.17) is 0 Å². The summed E-state index contributed by atoms with van der Waals surface area (Å²) in [5.41, 5.74) is 0. The molecule has 0 spiro atoms. The maximum absolute atomic E-state index is 9.76. The molecule has 0 atom stereocenters. The fraction of sp³-hybridized carbons (Fsp3) is 1.00. The largest absolute Gasteiger partial charge is 2.00 e. The Balaban J connectivity index is 0. The predicted octanol–water partition coefficient (Wildman–Crippen LogP) is -0.371. The van der Waals surface area contributed by atoms with Gasteiger partial charge in [-0.1, -0.05) is 13.3 Å². The van der Waals surface area contributed by atoms with Gasteiger partial charge in [-0.15, -0.1) is 0 Å². The quantitative estimate of drug-likeness (QED) is 0.394. The van der Waals surface area contributed by atoms with E-state index in [1.165, 1.54) is 0 Å². The molecule has 0 rings (SSSR count). The molecule has 0 aromatic heterocycles. The molecule has 10 heavy (non-hydrogen) atoms. The SMILES string of the molecule is CCCCOP(=O)([O-])[O-].[Cd+2]. The third-order valence-corrected chi connectivity index (χ3v) is 1.25. The summed E-state index contributed by atoms with van der Waals surface area (Å²) < 4.78 is 13.7. The van der Waals surface area contributed by atoms with Crippen LogP contribution in [0.5, 0.6) is 0 Å². The Bertz CT molecular complexity index is 112. The summed E-state index contributed by atoms with van der Waals surface area (Å²) in [6.07, 6.45) is 1.43. The maximum Gasteiger partial charge on any atom is 2.00 e. The topological polar surface area (TPSA) is 72.4 Å². The second-order valence-corrected chi connectivity index (χ2v) is 2.79. The fourth-order valence-corrected chi connectivity index (χ4v) is 0.673. The Hall–Kier alpha value is 1.03. The van der Waals surface area contributed by atoms with Crippen LogP contribution in [0.4, 0.5) is 0 Å². The van der Waals surface area contributed by atoms with E-state index in [-0.39, 0.29) is 33.9 Å². The van der Waals surface area contributed by atoms with E-state index < -0.39 is 7.82 Å². The minimum absolute atomic E-state index is 0. The van der Waals surface area contributed by atoms with Gasteiger partial charge in [0.25, 0.3) is 0 Å². The molecule has 0 saturated heterocycles. The van der Waals surface area contributed by atoms with Gasteiger partial charge in [-0.3, -0.25) is 0 Å². The molecule has 0 aliphatic rings. The Morgan fingerprint density at radius 3 is 2.30 bits per heavy atom. The zero-order valence-corrected chi connectivity index (χ0v) is 10.8. The van der Waals surface area contributed by atoms with E-state index in [0.29, 0.717) is 6.42 Å². The van der Waals surface area contributed by atoms with Gasteiger partial charge >= 0.3 is 27.3 Å². The van der Waals surface area contributed by atoms with E-state index in [1.807, 2.05) is 6.92 Å². The number of hydrogen-bond donors (Lipinski definition) is 0. The van der Waals surface area contributed by atoms with Crippen molar-refractivity contribution in [3.63, 3.8) is 0 Å². The summed E-state index contributed by atoms with van der Waals surface area (Å²) >= 11 is 0. The van der Waals surface area contributed by atoms with Crippen molar-refractivity contribution in [2.45, 2.75) is 19.8 Å². The minimum Gasteiger partial charge on any atom is -0.790 e. The summed E-state index contributed by atoms with van der Waals surface area (Å²) in [5.74, 6) is 0. The molecule has 0 fully saturated rings. The maximum atomic E-state index is 9.76. The molecule has 0 aromatic carbocycles. The molecule has 0 heterocycles. The van der Waals surface area contributed by atoms with E-state index in [1.54, 1.807) is 0 Å². The molecule has 0 aliphatic heterocycles. The van der Waals surface area contributed by atoms with E-state index >= 15 is 0 Å². The zero-order valence-electron chi connectivity index (χ0n) is 5.91. The van der Waals surface area contributed by atoms with Gasteiger partial charge < -0.3 is 18.9 Å². The van der Waals surface area contributed by atoms with Gasteiger partial charge in [0.05, 0.1) is 14.4 Å². The van der Waals surface area contributed by atoms with Crippen LogP contribution in [0.15, 0.2) is 0 Å². The first kappa shape index (κ1) is 13.6. The summed E-state index contributed by atoms with van der Waals surface area (Å²) in [7, 11) is -4.70. The number of phosphoric acid groups is 1. The van der Waals surface area contributed by atoms with Gasteiger partial charge in [0.15, 0.2) is 0 Å². The van der Waals surface area contributed by atoms with Crippen molar-refractivity contribution in [2.75, 3.05) is 6.61 Å². The summed E-state index contributed by atoms with van der Waals surface area (Å²) in [4.78, 5) is 19.5. The van der Waals surface area contributed by atoms with Gasteiger partial charge in [0.1, 0.15) is 0 Å². The summed E-state index contributed by atoms with van der Waals surface area (Å²) in [6.45, 7) is 1.89.